The van der Waals surface area contributed by atoms with Gasteiger partial charge >= 0.3 is 0 Å². The van der Waals surface area contributed by atoms with Crippen LogP contribution in [-0.4, -0.2) is 9.97 Å². The highest BCUT2D eigenvalue weighted by atomic mass is 32.1. The number of hydrogen-bond donors (Lipinski definition) is 3. The summed E-state index contributed by atoms with van der Waals surface area (Å²) in [5.74, 6) is 0.309. The van der Waals surface area contributed by atoms with Crippen molar-refractivity contribution in [1.82, 2.24) is 9.97 Å². The maximum Gasteiger partial charge on any atom is 0.257 e. The molecule has 1 rings (SSSR count). The lowest BCUT2D eigenvalue weighted by Crippen LogP contribution is -2.16. The highest BCUT2D eigenvalue weighted by molar-refractivity contribution is 7.71. The lowest BCUT2D eigenvalue weighted by Gasteiger charge is -1.99. The van der Waals surface area contributed by atoms with Crippen LogP contribution >= 0.6 is 12.2 Å². The fraction of sp³-hybridized carbons (Fsp3) is 0.143. The van der Waals surface area contributed by atoms with Crippen LogP contribution in [0.1, 0.15) is 5.56 Å². The maximum absolute atomic E-state index is 11.2. The summed E-state index contributed by atoms with van der Waals surface area (Å²) in [7, 11) is 0. The zero-order valence-electron chi connectivity index (χ0n) is 6.39. The molecule has 0 radical (unpaired) electrons. The molecule has 0 spiro atoms. The highest BCUT2D eigenvalue weighted by Gasteiger charge is 2.01. The van der Waals surface area contributed by atoms with Crippen molar-refractivity contribution in [3.05, 3.63) is 33.3 Å². The summed E-state index contributed by atoms with van der Waals surface area (Å²) in [4.78, 5) is 16.3. The molecule has 0 unspecified atom stereocenters. The van der Waals surface area contributed by atoms with Gasteiger partial charge in [-0.1, -0.05) is 6.08 Å². The molecule has 0 aliphatic heterocycles. The van der Waals surface area contributed by atoms with E-state index >= 15 is 0 Å². The Morgan fingerprint density at radius 2 is 2.25 bits per heavy atom. The number of aromatic amines is 2. The van der Waals surface area contributed by atoms with E-state index in [-0.39, 0.29) is 10.3 Å². The number of aromatic nitrogens is 2. The number of nitrogens with one attached hydrogen (secondary N) is 2. The number of allylic oxidation sites excluding steroid dienone is 1. The minimum atomic E-state index is -0.254. The molecule has 0 atom stereocenters. The zero-order valence-corrected chi connectivity index (χ0v) is 7.20. The average Bonchev–Trinajstić information content (AvgIpc) is 1.96. The van der Waals surface area contributed by atoms with Crippen LogP contribution in [0.15, 0.2) is 17.4 Å². The van der Waals surface area contributed by atoms with Crippen molar-refractivity contribution < 1.29 is 0 Å². The van der Waals surface area contributed by atoms with E-state index in [4.69, 9.17) is 18.0 Å². The molecule has 4 N–H and O–H groups in total. The molecule has 0 aliphatic carbocycles. The first-order chi connectivity index (χ1) is 5.65. The van der Waals surface area contributed by atoms with Gasteiger partial charge in [-0.2, -0.15) is 0 Å². The quantitative estimate of drug-likeness (QED) is 0.467. The van der Waals surface area contributed by atoms with Gasteiger partial charge in [0.05, 0.1) is 5.56 Å². The predicted molar refractivity (Wildman–Crippen MR) is 50.6 cm³/mol. The van der Waals surface area contributed by atoms with Crippen LogP contribution < -0.4 is 11.3 Å². The van der Waals surface area contributed by atoms with Crippen LogP contribution in [0.4, 0.5) is 5.82 Å². The molecule has 1 aromatic rings. The smallest absolute Gasteiger partial charge is 0.257 e. The van der Waals surface area contributed by atoms with Crippen LogP contribution in [0.25, 0.3) is 0 Å². The molecular weight excluding hydrogens is 174 g/mol. The molecule has 64 valence electrons. The van der Waals surface area contributed by atoms with Gasteiger partial charge in [-0.25, -0.2) is 0 Å². The van der Waals surface area contributed by atoms with Gasteiger partial charge < -0.3 is 10.7 Å². The van der Waals surface area contributed by atoms with Crippen molar-refractivity contribution in [2.24, 2.45) is 0 Å². The second-order valence-electron chi connectivity index (χ2n) is 2.29. The fourth-order valence-corrected chi connectivity index (χ4v) is 1.08. The Labute approximate surface area is 74.1 Å². The van der Waals surface area contributed by atoms with E-state index in [1.807, 2.05) is 0 Å². The summed E-state index contributed by atoms with van der Waals surface area (Å²) in [6.07, 6.45) is 2.05. The van der Waals surface area contributed by atoms with Gasteiger partial charge in [0.25, 0.3) is 5.56 Å². The first-order valence-corrected chi connectivity index (χ1v) is 3.78. The standard InChI is InChI=1S/C7H9N3OS/c1-2-3-4-5(8)9-7(12)10-6(4)11/h2H,1,3H2,(H4,8,9,10,11,12). The van der Waals surface area contributed by atoms with Gasteiger partial charge in [0, 0.05) is 0 Å². The molecule has 1 heterocycles. The molecule has 0 bridgehead atoms. The molecule has 5 heteroatoms. The van der Waals surface area contributed by atoms with Gasteiger partial charge in [0.1, 0.15) is 5.82 Å². The third-order valence-electron chi connectivity index (χ3n) is 1.42. The summed E-state index contributed by atoms with van der Waals surface area (Å²) in [5, 5.41) is 0. The third kappa shape index (κ3) is 1.62. The normalized spacial score (nSPS) is 9.67. The van der Waals surface area contributed by atoms with E-state index in [0.717, 1.165) is 0 Å². The Morgan fingerprint density at radius 1 is 1.58 bits per heavy atom. The van der Waals surface area contributed by atoms with E-state index in [0.29, 0.717) is 17.8 Å². The monoisotopic (exact) mass is 183 g/mol. The summed E-state index contributed by atoms with van der Waals surface area (Å²) in [5.41, 5.74) is 5.74. The first-order valence-electron chi connectivity index (χ1n) is 3.37. The second kappa shape index (κ2) is 3.36. The lowest BCUT2D eigenvalue weighted by molar-refractivity contribution is 1.03. The minimum absolute atomic E-state index is 0.241. The van der Waals surface area contributed by atoms with E-state index in [2.05, 4.69) is 16.5 Å². The van der Waals surface area contributed by atoms with E-state index in [1.54, 1.807) is 6.08 Å². The molecule has 0 saturated carbocycles. The largest absolute Gasteiger partial charge is 0.385 e. The molecule has 0 aliphatic rings. The first kappa shape index (κ1) is 8.73. The minimum Gasteiger partial charge on any atom is -0.385 e. The number of anilines is 1. The average molecular weight is 183 g/mol. The summed E-state index contributed by atoms with van der Waals surface area (Å²) < 4.78 is 0.241. The molecule has 0 saturated heterocycles. The number of hydrogen-bond acceptors (Lipinski definition) is 3. The molecule has 12 heavy (non-hydrogen) atoms. The Balaban J connectivity index is 3.38. The van der Waals surface area contributed by atoms with Crippen molar-refractivity contribution >= 4 is 18.0 Å². The SMILES string of the molecule is C=CCc1c(N)[nH]c(=S)[nH]c1=O. The maximum atomic E-state index is 11.2. The van der Waals surface area contributed by atoms with Crippen LogP contribution in [0.2, 0.25) is 0 Å². The fourth-order valence-electron chi connectivity index (χ4n) is 0.877. The van der Waals surface area contributed by atoms with Crippen LogP contribution in [-0.2, 0) is 6.42 Å². The summed E-state index contributed by atoms with van der Waals surface area (Å²) >= 11 is 4.71. The van der Waals surface area contributed by atoms with Gasteiger partial charge in [0.15, 0.2) is 4.77 Å². The summed E-state index contributed by atoms with van der Waals surface area (Å²) in [6, 6.07) is 0. The second-order valence-corrected chi connectivity index (χ2v) is 2.70. The van der Waals surface area contributed by atoms with Gasteiger partial charge in [-0.15, -0.1) is 6.58 Å². The van der Waals surface area contributed by atoms with E-state index in [1.165, 1.54) is 0 Å². The third-order valence-corrected chi connectivity index (χ3v) is 1.63. The Bertz CT molecular complexity index is 404. The zero-order chi connectivity index (χ0) is 9.14. The summed E-state index contributed by atoms with van der Waals surface area (Å²) in [6.45, 7) is 3.51. The van der Waals surface area contributed by atoms with E-state index < -0.39 is 0 Å². The van der Waals surface area contributed by atoms with E-state index in [9.17, 15) is 4.79 Å². The number of H-pyrrole nitrogens is 2. The topological polar surface area (TPSA) is 74.7 Å². The number of nitrogen functional groups attached to an aromatic ring is 1. The van der Waals surface area contributed by atoms with Crippen molar-refractivity contribution in [2.45, 2.75) is 6.42 Å². The molecule has 0 aromatic carbocycles. The van der Waals surface area contributed by atoms with Crippen LogP contribution in [0.5, 0.6) is 0 Å². The number of rotatable bonds is 2. The van der Waals surface area contributed by atoms with Gasteiger partial charge in [-0.3, -0.25) is 9.78 Å². The van der Waals surface area contributed by atoms with Gasteiger partial charge in [-0.05, 0) is 18.6 Å². The predicted octanol–water partition coefficient (Wildman–Crippen LogP) is 0.743. The van der Waals surface area contributed by atoms with Crippen LogP contribution in [0, 0.1) is 4.77 Å². The molecule has 4 nitrogen and oxygen atoms in total. The lowest BCUT2D eigenvalue weighted by atomic mass is 10.2. The number of nitrogens with two attached hydrogens (primary N) is 1. The molecule has 1 aromatic heterocycles. The highest BCUT2D eigenvalue weighted by Crippen LogP contribution is 2.01. The van der Waals surface area contributed by atoms with Crippen molar-refractivity contribution in [3.8, 4) is 0 Å². The van der Waals surface area contributed by atoms with Crippen LogP contribution in [0.3, 0.4) is 0 Å². The molecule has 0 fully saturated rings. The Morgan fingerprint density at radius 3 is 2.75 bits per heavy atom. The Kier molecular flexibility index (Phi) is 2.44. The molecule has 0 amide bonds. The van der Waals surface area contributed by atoms with Crippen molar-refractivity contribution in [3.63, 3.8) is 0 Å². The Hall–Kier alpha value is -1.36. The molecular formula is C7H9N3OS. The van der Waals surface area contributed by atoms with Gasteiger partial charge in [0.2, 0.25) is 0 Å². The van der Waals surface area contributed by atoms with Crippen molar-refractivity contribution in [2.75, 3.05) is 5.73 Å². The van der Waals surface area contributed by atoms with Crippen molar-refractivity contribution in [1.29, 1.82) is 0 Å².